The van der Waals surface area contributed by atoms with Gasteiger partial charge in [-0.2, -0.15) is 0 Å². The molecule has 7 heteroatoms. The van der Waals surface area contributed by atoms with Crippen LogP contribution in [0.2, 0.25) is 0 Å². The Morgan fingerprint density at radius 1 is 1.21 bits per heavy atom. The van der Waals surface area contributed by atoms with Crippen LogP contribution in [0.3, 0.4) is 0 Å². The summed E-state index contributed by atoms with van der Waals surface area (Å²) in [7, 11) is 0. The molecule has 1 aromatic heterocycles. The number of anilines is 1. The summed E-state index contributed by atoms with van der Waals surface area (Å²) in [6.45, 7) is 0. The second-order valence-electron chi connectivity index (χ2n) is 6.43. The summed E-state index contributed by atoms with van der Waals surface area (Å²) in [6, 6.07) is 13.3. The molecular weight excluding hydrogens is 425 g/mol. The van der Waals surface area contributed by atoms with Gasteiger partial charge in [0.2, 0.25) is 5.91 Å². The van der Waals surface area contributed by atoms with Crippen molar-refractivity contribution in [2.45, 2.75) is 12.3 Å². The number of pyridine rings is 1. The first kappa shape index (κ1) is 18.3. The molecule has 0 saturated heterocycles. The summed E-state index contributed by atoms with van der Waals surface area (Å²) in [5, 5.41) is 6.32. The van der Waals surface area contributed by atoms with Crippen molar-refractivity contribution in [3.05, 3.63) is 82.4 Å². The Labute approximate surface area is 168 Å². The van der Waals surface area contributed by atoms with Crippen molar-refractivity contribution >= 4 is 44.3 Å². The van der Waals surface area contributed by atoms with Crippen LogP contribution < -0.4 is 10.6 Å². The number of hydrogen-bond donors (Lipinski definition) is 2. The number of hydrogen-bond acceptors (Lipinski definition) is 3. The highest BCUT2D eigenvalue weighted by molar-refractivity contribution is 9.10. The van der Waals surface area contributed by atoms with E-state index >= 15 is 0 Å². The van der Waals surface area contributed by atoms with Crippen molar-refractivity contribution in [2.24, 2.45) is 0 Å². The van der Waals surface area contributed by atoms with Crippen molar-refractivity contribution in [1.29, 1.82) is 0 Å². The molecule has 1 aliphatic heterocycles. The second kappa shape index (κ2) is 7.52. The lowest BCUT2D eigenvalue weighted by atomic mass is 9.86. The highest BCUT2D eigenvalue weighted by Crippen LogP contribution is 2.34. The molecule has 0 spiro atoms. The number of rotatable bonds is 3. The van der Waals surface area contributed by atoms with Gasteiger partial charge in [-0.3, -0.25) is 14.6 Å². The number of benzene rings is 2. The van der Waals surface area contributed by atoms with E-state index in [1.165, 1.54) is 18.3 Å². The minimum absolute atomic E-state index is 0.0749. The number of halogens is 2. The molecule has 3 aromatic rings. The van der Waals surface area contributed by atoms with E-state index in [4.69, 9.17) is 0 Å². The fraction of sp³-hybridized carbons (Fsp3) is 0.0952. The lowest BCUT2D eigenvalue weighted by Crippen LogP contribution is -2.32. The Balaban J connectivity index is 1.66. The zero-order valence-electron chi connectivity index (χ0n) is 14.6. The lowest BCUT2D eigenvalue weighted by Gasteiger charge is -2.24. The molecule has 0 fully saturated rings. The topological polar surface area (TPSA) is 71.1 Å². The van der Waals surface area contributed by atoms with Crippen molar-refractivity contribution in [2.75, 3.05) is 5.32 Å². The van der Waals surface area contributed by atoms with Gasteiger partial charge >= 0.3 is 0 Å². The predicted molar refractivity (Wildman–Crippen MR) is 108 cm³/mol. The third kappa shape index (κ3) is 3.53. The van der Waals surface area contributed by atoms with Crippen LogP contribution in [0, 0.1) is 5.82 Å². The first-order chi connectivity index (χ1) is 13.5. The molecular formula is C21H15BrFN3O2. The van der Waals surface area contributed by atoms with E-state index < -0.39 is 11.7 Å². The third-order valence-electron chi connectivity index (χ3n) is 4.63. The van der Waals surface area contributed by atoms with E-state index in [2.05, 4.69) is 31.5 Å². The number of nitrogens with one attached hydrogen (secondary N) is 2. The van der Waals surface area contributed by atoms with E-state index in [1.807, 2.05) is 18.2 Å². The van der Waals surface area contributed by atoms with Gasteiger partial charge in [-0.05, 0) is 51.8 Å². The van der Waals surface area contributed by atoms with Gasteiger partial charge in [0.25, 0.3) is 5.91 Å². The van der Waals surface area contributed by atoms with Gasteiger partial charge < -0.3 is 10.6 Å². The van der Waals surface area contributed by atoms with E-state index in [1.54, 1.807) is 24.4 Å². The molecule has 28 heavy (non-hydrogen) atoms. The van der Waals surface area contributed by atoms with Crippen LogP contribution in [-0.2, 0) is 9.59 Å². The van der Waals surface area contributed by atoms with E-state index in [-0.39, 0.29) is 18.2 Å². The molecule has 2 amide bonds. The summed E-state index contributed by atoms with van der Waals surface area (Å²) in [6.07, 6.45) is 3.17. The van der Waals surface area contributed by atoms with E-state index in [9.17, 15) is 14.0 Å². The van der Waals surface area contributed by atoms with Gasteiger partial charge in [-0.25, -0.2) is 4.39 Å². The highest BCUT2D eigenvalue weighted by atomic mass is 79.9. The monoisotopic (exact) mass is 439 g/mol. The summed E-state index contributed by atoms with van der Waals surface area (Å²) >= 11 is 3.52. The molecule has 0 bridgehead atoms. The van der Waals surface area contributed by atoms with Crippen LogP contribution in [0.5, 0.6) is 0 Å². The molecule has 5 nitrogen and oxygen atoms in total. The number of nitrogens with zero attached hydrogens (tertiary/aromatic N) is 1. The molecule has 0 aliphatic carbocycles. The Kier molecular flexibility index (Phi) is 4.92. The predicted octanol–water partition coefficient (Wildman–Crippen LogP) is 4.26. The SMILES string of the molecule is O=C1CC(c2cccc(F)c2)C(C(=O)Nc2ccc3ncccc3c2Br)=CN1. The van der Waals surface area contributed by atoms with Crippen molar-refractivity contribution in [1.82, 2.24) is 10.3 Å². The van der Waals surface area contributed by atoms with Crippen molar-refractivity contribution in [3.63, 3.8) is 0 Å². The number of amides is 2. The molecule has 1 aliphatic rings. The minimum atomic E-state index is -0.523. The van der Waals surface area contributed by atoms with E-state index in [0.29, 0.717) is 21.3 Å². The summed E-state index contributed by atoms with van der Waals surface area (Å²) in [5.41, 5.74) is 2.33. The molecule has 140 valence electrons. The van der Waals surface area contributed by atoms with Crippen LogP contribution in [0.25, 0.3) is 10.9 Å². The van der Waals surface area contributed by atoms with Gasteiger partial charge in [0.15, 0.2) is 0 Å². The molecule has 1 unspecified atom stereocenters. The van der Waals surface area contributed by atoms with Crippen LogP contribution in [-0.4, -0.2) is 16.8 Å². The molecule has 1 atom stereocenters. The highest BCUT2D eigenvalue weighted by Gasteiger charge is 2.29. The smallest absolute Gasteiger partial charge is 0.253 e. The number of carbonyl (C=O) groups is 2. The maximum atomic E-state index is 13.7. The zero-order chi connectivity index (χ0) is 19.7. The average molecular weight is 440 g/mol. The Morgan fingerprint density at radius 2 is 2.07 bits per heavy atom. The van der Waals surface area contributed by atoms with Crippen LogP contribution in [0.15, 0.2) is 71.0 Å². The first-order valence-corrected chi connectivity index (χ1v) is 9.41. The molecule has 0 saturated carbocycles. The third-order valence-corrected chi connectivity index (χ3v) is 5.49. The first-order valence-electron chi connectivity index (χ1n) is 8.62. The Hall–Kier alpha value is -3.06. The van der Waals surface area contributed by atoms with Crippen LogP contribution >= 0.6 is 15.9 Å². The fourth-order valence-corrected chi connectivity index (χ4v) is 3.83. The maximum Gasteiger partial charge on any atom is 0.253 e. The summed E-state index contributed by atoms with van der Waals surface area (Å²) < 4.78 is 14.4. The van der Waals surface area contributed by atoms with Crippen molar-refractivity contribution < 1.29 is 14.0 Å². The van der Waals surface area contributed by atoms with E-state index in [0.717, 1.165) is 10.9 Å². The zero-order valence-corrected chi connectivity index (χ0v) is 16.2. The molecule has 2 heterocycles. The normalized spacial score (nSPS) is 16.4. The average Bonchev–Trinajstić information content (AvgIpc) is 2.70. The van der Waals surface area contributed by atoms with Crippen molar-refractivity contribution in [3.8, 4) is 0 Å². The van der Waals surface area contributed by atoms with Gasteiger partial charge in [-0.1, -0.05) is 18.2 Å². The largest absolute Gasteiger partial charge is 0.332 e. The fourth-order valence-electron chi connectivity index (χ4n) is 3.27. The summed E-state index contributed by atoms with van der Waals surface area (Å²) in [4.78, 5) is 29.1. The molecule has 2 N–H and O–H groups in total. The van der Waals surface area contributed by atoms with Gasteiger partial charge in [0.05, 0.1) is 15.7 Å². The van der Waals surface area contributed by atoms with Crippen LogP contribution in [0.1, 0.15) is 17.9 Å². The van der Waals surface area contributed by atoms with Gasteiger partial charge in [0.1, 0.15) is 5.82 Å². The number of fused-ring (bicyclic) bond motifs is 1. The lowest BCUT2D eigenvalue weighted by molar-refractivity contribution is -0.121. The maximum absolute atomic E-state index is 13.7. The second-order valence-corrected chi connectivity index (χ2v) is 7.22. The quantitative estimate of drug-likeness (QED) is 0.640. The van der Waals surface area contributed by atoms with Gasteiger partial charge in [-0.15, -0.1) is 0 Å². The number of carbonyl (C=O) groups excluding carboxylic acids is 2. The Bertz CT molecular complexity index is 1130. The van der Waals surface area contributed by atoms with Gasteiger partial charge in [0, 0.05) is 35.7 Å². The molecule has 0 radical (unpaired) electrons. The number of aromatic nitrogens is 1. The van der Waals surface area contributed by atoms with Crippen LogP contribution in [0.4, 0.5) is 10.1 Å². The minimum Gasteiger partial charge on any atom is -0.332 e. The Morgan fingerprint density at radius 3 is 2.89 bits per heavy atom. The summed E-state index contributed by atoms with van der Waals surface area (Å²) in [5.74, 6) is -1.51. The molecule has 4 rings (SSSR count). The molecule has 2 aromatic carbocycles. The standard InChI is InChI=1S/C21H15BrFN3O2/c22-20-14-5-2-8-24-17(14)6-7-18(20)26-21(28)16-11-25-19(27)10-15(16)12-3-1-4-13(23)9-12/h1-9,11,15H,10H2,(H,25,27)(H,26,28).